The maximum Gasteiger partial charge on any atom is 0.330 e. The van der Waals surface area contributed by atoms with Crippen molar-refractivity contribution in [3.05, 3.63) is 78.6 Å². The second kappa shape index (κ2) is 9.75. The van der Waals surface area contributed by atoms with Gasteiger partial charge in [0.1, 0.15) is 0 Å². The van der Waals surface area contributed by atoms with Crippen LogP contribution >= 0.6 is 0 Å². The number of aliphatic hydroxyl groups excluding tert-OH is 1. The van der Waals surface area contributed by atoms with Crippen LogP contribution in [0.1, 0.15) is 45.1 Å². The number of cyclic esters (lactones) is 1. The third-order valence-corrected chi connectivity index (χ3v) is 8.20. The lowest BCUT2D eigenvalue weighted by molar-refractivity contribution is -0.168. The molecule has 2 unspecified atom stereocenters. The minimum Gasteiger partial charge on any atom is -0.462 e. The van der Waals surface area contributed by atoms with Crippen molar-refractivity contribution >= 4 is 18.0 Å². The number of carbonyl (C=O) groups excluding carboxylic acids is 2. The zero-order chi connectivity index (χ0) is 24.3. The Kier molecular flexibility index (Phi) is 6.94. The lowest BCUT2D eigenvalue weighted by atomic mass is 9.46. The highest BCUT2D eigenvalue weighted by molar-refractivity contribution is 5.87. The topological polar surface area (TPSA) is 72.8 Å². The molecule has 0 spiro atoms. The van der Waals surface area contributed by atoms with Gasteiger partial charge in [-0.15, -0.1) is 0 Å². The number of fused-ring (bicyclic) bond motifs is 1. The van der Waals surface area contributed by atoms with E-state index in [1.807, 2.05) is 43.3 Å². The molecule has 0 saturated heterocycles. The fraction of sp³-hybridized carbons (Fsp3) is 0.448. The van der Waals surface area contributed by atoms with Gasteiger partial charge in [0, 0.05) is 17.4 Å². The third-order valence-electron chi connectivity index (χ3n) is 8.20. The van der Waals surface area contributed by atoms with Crippen molar-refractivity contribution in [3.63, 3.8) is 0 Å². The van der Waals surface area contributed by atoms with E-state index in [9.17, 15) is 14.7 Å². The maximum atomic E-state index is 12.5. The van der Waals surface area contributed by atoms with Gasteiger partial charge < -0.3 is 14.6 Å². The predicted octanol–water partition coefficient (Wildman–Crippen LogP) is 5.24. The second-order valence-electron chi connectivity index (χ2n) is 10.3. The highest BCUT2D eigenvalue weighted by Gasteiger charge is 2.57. The van der Waals surface area contributed by atoms with Crippen LogP contribution in [0.25, 0.3) is 6.08 Å². The monoisotopic (exact) mass is 462 g/mol. The van der Waals surface area contributed by atoms with Gasteiger partial charge in [-0.25, -0.2) is 4.79 Å². The molecular weight excluding hydrogens is 428 g/mol. The van der Waals surface area contributed by atoms with Crippen molar-refractivity contribution in [2.75, 3.05) is 6.61 Å². The van der Waals surface area contributed by atoms with E-state index in [-0.39, 0.29) is 35.7 Å². The summed E-state index contributed by atoms with van der Waals surface area (Å²) in [4.78, 5) is 24.4. The van der Waals surface area contributed by atoms with Crippen LogP contribution in [-0.2, 0) is 19.1 Å². The minimum absolute atomic E-state index is 0.0774. The lowest BCUT2D eigenvalue weighted by Gasteiger charge is -2.59. The van der Waals surface area contributed by atoms with Crippen molar-refractivity contribution in [1.29, 1.82) is 0 Å². The first-order valence-corrected chi connectivity index (χ1v) is 12.0. The average Bonchev–Trinajstić information content (AvgIpc) is 3.24. The Labute approximate surface area is 201 Å². The molecule has 34 heavy (non-hydrogen) atoms. The van der Waals surface area contributed by atoms with Crippen LogP contribution in [0.5, 0.6) is 0 Å². The summed E-state index contributed by atoms with van der Waals surface area (Å²) in [5.74, 6) is -0.823. The van der Waals surface area contributed by atoms with Crippen LogP contribution < -0.4 is 0 Å². The van der Waals surface area contributed by atoms with Gasteiger partial charge in [0.15, 0.2) is 0 Å². The van der Waals surface area contributed by atoms with Gasteiger partial charge in [-0.1, -0.05) is 68.5 Å². The van der Waals surface area contributed by atoms with Gasteiger partial charge >= 0.3 is 11.9 Å². The summed E-state index contributed by atoms with van der Waals surface area (Å²) in [6.07, 6.45) is 13.0. The second-order valence-corrected chi connectivity index (χ2v) is 10.3. The lowest BCUT2D eigenvalue weighted by Crippen LogP contribution is -2.57. The van der Waals surface area contributed by atoms with E-state index < -0.39 is 17.5 Å². The highest BCUT2D eigenvalue weighted by Crippen LogP contribution is 2.61. The van der Waals surface area contributed by atoms with Crippen molar-refractivity contribution < 1.29 is 24.2 Å². The van der Waals surface area contributed by atoms with Crippen LogP contribution in [0.15, 0.2) is 73.1 Å². The van der Waals surface area contributed by atoms with E-state index in [1.54, 1.807) is 12.2 Å². The standard InChI is InChI=1S/C29H34O5/c1-20-9-13-24-28(2,23(20)12-11-22-16-18-33-27(22)32)17-15-25(30)29(24,3)19-34-26(31)14-10-21-7-5-4-6-8-21/h4-8,10-12,14,16,18,22-25,30H,1,9,13,15,17,19H2,2-3H3/b12-11+,14-10+/t22?,23-,24?,25-,28+,29+/m1/s1. The molecule has 2 fully saturated rings. The van der Waals surface area contributed by atoms with Gasteiger partial charge in [0.25, 0.3) is 0 Å². The molecule has 2 aliphatic carbocycles. The molecule has 6 atom stereocenters. The molecule has 2 saturated carbocycles. The molecule has 1 aliphatic heterocycles. The summed E-state index contributed by atoms with van der Waals surface area (Å²) in [6, 6.07) is 9.60. The van der Waals surface area contributed by atoms with E-state index in [0.717, 1.165) is 30.4 Å². The number of allylic oxidation sites excluding steroid dienone is 2. The molecule has 5 heteroatoms. The molecule has 1 N–H and O–H groups in total. The average molecular weight is 463 g/mol. The maximum absolute atomic E-state index is 12.5. The number of esters is 2. The molecule has 1 heterocycles. The van der Waals surface area contributed by atoms with E-state index in [2.05, 4.69) is 19.6 Å². The van der Waals surface area contributed by atoms with E-state index in [4.69, 9.17) is 9.47 Å². The zero-order valence-electron chi connectivity index (χ0n) is 20.0. The smallest absolute Gasteiger partial charge is 0.330 e. The number of ether oxygens (including phenoxy) is 2. The largest absolute Gasteiger partial charge is 0.462 e. The first-order chi connectivity index (χ1) is 16.2. The molecule has 0 aromatic heterocycles. The molecular formula is C29H34O5. The van der Waals surface area contributed by atoms with Crippen LogP contribution in [0, 0.1) is 28.6 Å². The molecule has 5 nitrogen and oxygen atoms in total. The normalized spacial score (nSPS) is 35.5. The summed E-state index contributed by atoms with van der Waals surface area (Å²) >= 11 is 0. The van der Waals surface area contributed by atoms with Gasteiger partial charge in [-0.2, -0.15) is 0 Å². The van der Waals surface area contributed by atoms with Gasteiger partial charge in [-0.05, 0) is 54.7 Å². The van der Waals surface area contributed by atoms with Crippen molar-refractivity contribution in [1.82, 2.24) is 0 Å². The van der Waals surface area contributed by atoms with Crippen molar-refractivity contribution in [3.8, 4) is 0 Å². The SMILES string of the molecule is C=C1CCC2[C@](C)(COC(=O)/C=C/c3ccccc3)[C@H](O)CC[C@@]2(C)[C@@H]1/C=C/C1C=COC1=O. The number of rotatable bonds is 6. The van der Waals surface area contributed by atoms with Crippen LogP contribution in [0.4, 0.5) is 0 Å². The Morgan fingerprint density at radius 1 is 1.24 bits per heavy atom. The fourth-order valence-corrected chi connectivity index (χ4v) is 6.20. The van der Waals surface area contributed by atoms with Crippen LogP contribution in [-0.4, -0.2) is 29.8 Å². The first-order valence-electron chi connectivity index (χ1n) is 12.0. The molecule has 3 aliphatic rings. The van der Waals surface area contributed by atoms with Gasteiger partial charge in [0.05, 0.1) is 24.9 Å². The molecule has 1 aromatic carbocycles. The summed E-state index contributed by atoms with van der Waals surface area (Å²) < 4.78 is 10.6. The zero-order valence-corrected chi connectivity index (χ0v) is 20.0. The Balaban J connectivity index is 1.50. The highest BCUT2D eigenvalue weighted by atomic mass is 16.5. The first kappa shape index (κ1) is 24.2. The van der Waals surface area contributed by atoms with Gasteiger partial charge in [0.2, 0.25) is 0 Å². The number of benzene rings is 1. The molecule has 0 bridgehead atoms. The van der Waals surface area contributed by atoms with Crippen molar-refractivity contribution in [2.24, 2.45) is 28.6 Å². The molecule has 0 radical (unpaired) electrons. The van der Waals surface area contributed by atoms with E-state index in [1.165, 1.54) is 12.3 Å². The van der Waals surface area contributed by atoms with Crippen LogP contribution in [0.2, 0.25) is 0 Å². The van der Waals surface area contributed by atoms with Crippen LogP contribution in [0.3, 0.4) is 0 Å². The number of carbonyl (C=O) groups is 2. The van der Waals surface area contributed by atoms with Gasteiger partial charge in [-0.3, -0.25) is 4.79 Å². The third kappa shape index (κ3) is 4.67. The Bertz CT molecular complexity index is 1020. The van der Waals surface area contributed by atoms with E-state index in [0.29, 0.717) is 6.42 Å². The predicted molar refractivity (Wildman–Crippen MR) is 131 cm³/mol. The summed E-state index contributed by atoms with van der Waals surface area (Å²) in [5, 5.41) is 11.1. The fourth-order valence-electron chi connectivity index (χ4n) is 6.20. The number of aliphatic hydroxyl groups is 1. The Morgan fingerprint density at radius 3 is 2.71 bits per heavy atom. The summed E-state index contributed by atoms with van der Waals surface area (Å²) in [7, 11) is 0. The summed E-state index contributed by atoms with van der Waals surface area (Å²) in [6.45, 7) is 8.80. The number of hydrogen-bond donors (Lipinski definition) is 1. The summed E-state index contributed by atoms with van der Waals surface area (Å²) in [5.41, 5.74) is 1.35. The van der Waals surface area contributed by atoms with Crippen molar-refractivity contribution in [2.45, 2.75) is 45.6 Å². The van der Waals surface area contributed by atoms with E-state index >= 15 is 0 Å². The molecule has 180 valence electrons. The Morgan fingerprint density at radius 2 is 2.00 bits per heavy atom. The molecule has 0 amide bonds. The number of hydrogen-bond acceptors (Lipinski definition) is 5. The molecule has 1 aromatic rings. The minimum atomic E-state index is -0.567. The Hall–Kier alpha value is -2.92. The molecule has 4 rings (SSSR count). The quantitative estimate of drug-likeness (QED) is 0.356.